The number of benzene rings is 1. The number of nitrogens with zero attached hydrogens (tertiary/aromatic N) is 1. The van der Waals surface area contributed by atoms with Crippen molar-refractivity contribution >= 4 is 17.5 Å². The van der Waals surface area contributed by atoms with Crippen molar-refractivity contribution in [3.8, 4) is 0 Å². The molecule has 0 saturated heterocycles. The Hall–Kier alpha value is -2.43. The van der Waals surface area contributed by atoms with E-state index in [1.54, 1.807) is 0 Å². The van der Waals surface area contributed by atoms with Gasteiger partial charge in [0.15, 0.2) is 5.78 Å². The van der Waals surface area contributed by atoms with Crippen LogP contribution in [0.1, 0.15) is 75.7 Å². The molecule has 1 saturated carbocycles. The highest BCUT2D eigenvalue weighted by molar-refractivity contribution is 6.12. The number of H-pyrrole nitrogens is 1. The Morgan fingerprint density at radius 1 is 1.24 bits per heavy atom. The lowest BCUT2D eigenvalue weighted by atomic mass is 9.88. The normalized spacial score (nSPS) is 18.3. The molecule has 2 N–H and O–H groups in total. The fourth-order valence-electron chi connectivity index (χ4n) is 3.91. The van der Waals surface area contributed by atoms with E-state index in [-0.39, 0.29) is 11.7 Å². The third-order valence-electron chi connectivity index (χ3n) is 5.35. The molecule has 0 bridgehead atoms. The van der Waals surface area contributed by atoms with Gasteiger partial charge in [-0.3, -0.25) is 14.7 Å². The van der Waals surface area contributed by atoms with Crippen LogP contribution in [0, 0.1) is 19.3 Å². The number of rotatable bonds is 3. The van der Waals surface area contributed by atoms with Crippen LogP contribution in [0.5, 0.6) is 0 Å². The van der Waals surface area contributed by atoms with Crippen LogP contribution in [0.25, 0.3) is 0 Å². The van der Waals surface area contributed by atoms with Crippen molar-refractivity contribution in [2.45, 2.75) is 52.9 Å². The van der Waals surface area contributed by atoms with Gasteiger partial charge < -0.3 is 5.32 Å². The number of hydrogen-bond acceptors (Lipinski definition) is 3. The maximum absolute atomic E-state index is 12.9. The third kappa shape index (κ3) is 2.58. The number of carbonyl (C=O) groups excluding carboxylic acids is 2. The molecule has 25 heavy (non-hydrogen) atoms. The molecule has 1 amide bonds. The topological polar surface area (TPSA) is 74.8 Å². The molecule has 5 heteroatoms. The summed E-state index contributed by atoms with van der Waals surface area (Å²) in [6, 6.07) is 3.85. The smallest absolute Gasteiger partial charge is 0.257 e. The number of aryl methyl sites for hydroxylation is 2. The van der Waals surface area contributed by atoms with Crippen molar-refractivity contribution in [3.63, 3.8) is 0 Å². The highest BCUT2D eigenvalue weighted by atomic mass is 16.2. The number of nitrogens with one attached hydrogen (secondary N) is 2. The van der Waals surface area contributed by atoms with Crippen LogP contribution in [0.4, 0.5) is 5.82 Å². The molecule has 1 aromatic heterocycles. The maximum Gasteiger partial charge on any atom is 0.257 e. The molecule has 2 aromatic rings. The predicted octanol–water partition coefficient (Wildman–Crippen LogP) is 3.92. The van der Waals surface area contributed by atoms with Crippen molar-refractivity contribution < 1.29 is 9.59 Å². The minimum Gasteiger partial charge on any atom is -0.307 e. The fraction of sp³-hybridized carbons (Fsp3) is 0.450. The Labute approximate surface area is 147 Å². The zero-order chi connectivity index (χ0) is 17.9. The second kappa shape index (κ2) is 5.28. The molecular formula is C20H23N3O2. The highest BCUT2D eigenvalue weighted by Gasteiger charge is 2.41. The van der Waals surface area contributed by atoms with Crippen LogP contribution in [-0.4, -0.2) is 21.9 Å². The van der Waals surface area contributed by atoms with Crippen LogP contribution in [0.2, 0.25) is 0 Å². The Morgan fingerprint density at radius 3 is 2.64 bits per heavy atom. The van der Waals surface area contributed by atoms with E-state index in [0.717, 1.165) is 27.9 Å². The van der Waals surface area contributed by atoms with E-state index in [1.807, 2.05) is 39.8 Å². The van der Waals surface area contributed by atoms with Crippen LogP contribution >= 0.6 is 0 Å². The largest absolute Gasteiger partial charge is 0.307 e. The summed E-state index contributed by atoms with van der Waals surface area (Å²) in [7, 11) is 0. The van der Waals surface area contributed by atoms with Gasteiger partial charge in [-0.1, -0.05) is 19.9 Å². The fourth-order valence-corrected chi connectivity index (χ4v) is 3.91. The minimum atomic E-state index is -0.455. The van der Waals surface area contributed by atoms with Crippen LogP contribution < -0.4 is 5.32 Å². The van der Waals surface area contributed by atoms with Crippen molar-refractivity contribution in [1.29, 1.82) is 0 Å². The first-order chi connectivity index (χ1) is 11.8. The molecule has 0 aliphatic heterocycles. The van der Waals surface area contributed by atoms with Gasteiger partial charge in [-0.2, -0.15) is 5.10 Å². The standard InChI is InChI=1S/C20H23N3O2/c1-10-7-11(2)17(13-9-20(3,4)18(24)16(10)13)19(25)21-15-8-14(22-23-15)12-5-6-12/h7-8,12H,5-6,9H2,1-4H3,(H2,21,22,23,25). The molecule has 5 nitrogen and oxygen atoms in total. The van der Waals surface area contributed by atoms with E-state index in [9.17, 15) is 9.59 Å². The van der Waals surface area contributed by atoms with Gasteiger partial charge in [0, 0.05) is 28.5 Å². The van der Waals surface area contributed by atoms with Gasteiger partial charge in [0.1, 0.15) is 5.82 Å². The van der Waals surface area contributed by atoms with Gasteiger partial charge in [-0.05, 0) is 49.8 Å². The van der Waals surface area contributed by atoms with E-state index in [2.05, 4.69) is 15.5 Å². The van der Waals surface area contributed by atoms with Gasteiger partial charge in [0.2, 0.25) is 0 Å². The van der Waals surface area contributed by atoms with E-state index < -0.39 is 5.41 Å². The molecule has 1 fully saturated rings. The van der Waals surface area contributed by atoms with E-state index in [0.29, 0.717) is 23.7 Å². The summed E-state index contributed by atoms with van der Waals surface area (Å²) < 4.78 is 0. The molecular weight excluding hydrogens is 314 g/mol. The lowest BCUT2D eigenvalue weighted by Gasteiger charge is -2.14. The minimum absolute atomic E-state index is 0.131. The number of carbonyl (C=O) groups is 2. The van der Waals surface area contributed by atoms with Crippen LogP contribution in [0.3, 0.4) is 0 Å². The van der Waals surface area contributed by atoms with Crippen molar-refractivity contribution in [1.82, 2.24) is 10.2 Å². The summed E-state index contributed by atoms with van der Waals surface area (Å²) in [6.07, 6.45) is 2.93. The Morgan fingerprint density at radius 2 is 1.96 bits per heavy atom. The molecule has 2 aliphatic carbocycles. The summed E-state index contributed by atoms with van der Waals surface area (Å²) in [4.78, 5) is 25.7. The average Bonchev–Trinajstić information content (AvgIpc) is 3.21. The lowest BCUT2D eigenvalue weighted by Crippen LogP contribution is -2.19. The van der Waals surface area contributed by atoms with E-state index in [1.165, 1.54) is 12.8 Å². The first-order valence-corrected chi connectivity index (χ1v) is 8.82. The number of hydrogen-bond donors (Lipinski definition) is 2. The second-order valence-electron chi connectivity index (χ2n) is 8.06. The molecule has 1 aromatic carbocycles. The molecule has 0 radical (unpaired) electrons. The lowest BCUT2D eigenvalue weighted by molar-refractivity contribution is 0.0862. The number of amides is 1. The molecule has 130 valence electrons. The van der Waals surface area contributed by atoms with Gasteiger partial charge in [-0.15, -0.1) is 0 Å². The average molecular weight is 337 g/mol. The van der Waals surface area contributed by atoms with Gasteiger partial charge in [0.25, 0.3) is 5.91 Å². The van der Waals surface area contributed by atoms with Crippen LogP contribution in [-0.2, 0) is 6.42 Å². The molecule has 2 aliphatic rings. The number of anilines is 1. The molecule has 0 unspecified atom stereocenters. The van der Waals surface area contributed by atoms with Gasteiger partial charge in [-0.25, -0.2) is 0 Å². The predicted molar refractivity (Wildman–Crippen MR) is 96.2 cm³/mol. The number of aromatic nitrogens is 2. The summed E-state index contributed by atoms with van der Waals surface area (Å²) in [5, 5.41) is 10.1. The summed E-state index contributed by atoms with van der Waals surface area (Å²) in [5.74, 6) is 1.10. The van der Waals surface area contributed by atoms with Gasteiger partial charge >= 0.3 is 0 Å². The molecule has 1 heterocycles. The van der Waals surface area contributed by atoms with Gasteiger partial charge in [0.05, 0.1) is 5.69 Å². The molecule has 4 rings (SSSR count). The zero-order valence-electron chi connectivity index (χ0n) is 15.1. The number of fused-ring (bicyclic) bond motifs is 1. The van der Waals surface area contributed by atoms with Crippen LogP contribution in [0.15, 0.2) is 12.1 Å². The number of aromatic amines is 1. The summed E-state index contributed by atoms with van der Waals surface area (Å²) in [5.41, 5.74) is 4.65. The Kier molecular flexibility index (Phi) is 3.39. The SMILES string of the molecule is Cc1cc(C)c2c(c1C(=O)Nc1cc(C3CC3)n[nH]1)CC(C)(C)C2=O. The number of Topliss-reactive ketones (excluding diaryl/α,β-unsaturated/α-hetero) is 1. The monoisotopic (exact) mass is 337 g/mol. The second-order valence-corrected chi connectivity index (χ2v) is 8.06. The summed E-state index contributed by atoms with van der Waals surface area (Å²) in [6.45, 7) is 7.77. The Balaban J connectivity index is 1.70. The summed E-state index contributed by atoms with van der Waals surface area (Å²) >= 11 is 0. The maximum atomic E-state index is 12.9. The van der Waals surface area contributed by atoms with Crippen molar-refractivity contribution in [2.75, 3.05) is 5.32 Å². The molecule has 0 spiro atoms. The Bertz CT molecular complexity index is 904. The zero-order valence-corrected chi connectivity index (χ0v) is 15.1. The highest BCUT2D eigenvalue weighted by Crippen LogP contribution is 2.41. The first kappa shape index (κ1) is 16.1. The molecule has 0 atom stereocenters. The quantitative estimate of drug-likeness (QED) is 0.891. The van der Waals surface area contributed by atoms with Crippen molar-refractivity contribution in [2.24, 2.45) is 5.41 Å². The van der Waals surface area contributed by atoms with Crippen molar-refractivity contribution in [3.05, 3.63) is 45.6 Å². The van der Waals surface area contributed by atoms with E-state index >= 15 is 0 Å². The third-order valence-corrected chi connectivity index (χ3v) is 5.35. The van der Waals surface area contributed by atoms with E-state index in [4.69, 9.17) is 0 Å². The number of ketones is 1. The first-order valence-electron chi connectivity index (χ1n) is 8.82.